The van der Waals surface area contributed by atoms with Crippen LogP contribution in [-0.2, 0) is 9.59 Å². The fourth-order valence-electron chi connectivity index (χ4n) is 3.02. The van der Waals surface area contributed by atoms with Crippen LogP contribution in [0.1, 0.15) is 33.1 Å². The second-order valence-corrected chi connectivity index (χ2v) is 5.77. The summed E-state index contributed by atoms with van der Waals surface area (Å²) in [4.78, 5) is 24.4. The van der Waals surface area contributed by atoms with Gasteiger partial charge in [0.2, 0.25) is 0 Å². The molecule has 4 atom stereocenters. The minimum atomic E-state index is -0.0269. The molecule has 0 radical (unpaired) electrons. The van der Waals surface area contributed by atoms with Crippen LogP contribution in [0.4, 0.5) is 0 Å². The molecule has 1 rings (SSSR count). The van der Waals surface area contributed by atoms with Crippen molar-refractivity contribution in [3.05, 3.63) is 0 Å². The number of rotatable bonds is 7. The molecule has 0 aromatic rings. The number of hydrogen-bond donors (Lipinski definition) is 1. The van der Waals surface area contributed by atoms with E-state index in [2.05, 4.69) is 17.1 Å². The number of ketones is 1. The Morgan fingerprint density at radius 1 is 1.56 bits per heavy atom. The number of hydrogen-bond acceptors (Lipinski definition) is 4. The van der Waals surface area contributed by atoms with Crippen molar-refractivity contribution in [1.82, 2.24) is 10.2 Å². The second-order valence-electron chi connectivity index (χ2n) is 5.77. The van der Waals surface area contributed by atoms with Gasteiger partial charge in [-0.15, -0.1) is 0 Å². The van der Waals surface area contributed by atoms with Crippen LogP contribution >= 0.6 is 0 Å². The first-order valence-electron chi connectivity index (χ1n) is 6.81. The molecular weight excluding hydrogens is 228 g/mol. The average molecular weight is 254 g/mol. The zero-order chi connectivity index (χ0) is 13.7. The Morgan fingerprint density at radius 2 is 2.22 bits per heavy atom. The topological polar surface area (TPSA) is 49.4 Å². The Balaban J connectivity index is 2.39. The van der Waals surface area contributed by atoms with E-state index >= 15 is 0 Å². The van der Waals surface area contributed by atoms with Gasteiger partial charge in [0.15, 0.2) is 0 Å². The summed E-state index contributed by atoms with van der Waals surface area (Å²) >= 11 is 0. The van der Waals surface area contributed by atoms with Gasteiger partial charge in [-0.1, -0.05) is 6.92 Å². The third kappa shape index (κ3) is 4.18. The zero-order valence-electron chi connectivity index (χ0n) is 12.0. The highest BCUT2D eigenvalue weighted by atomic mass is 16.1. The van der Waals surface area contributed by atoms with Crippen LogP contribution in [0.3, 0.4) is 0 Å². The van der Waals surface area contributed by atoms with Gasteiger partial charge in [-0.05, 0) is 52.1 Å². The highest BCUT2D eigenvalue weighted by molar-refractivity contribution is 5.81. The van der Waals surface area contributed by atoms with Crippen molar-refractivity contribution in [3.8, 4) is 0 Å². The summed E-state index contributed by atoms with van der Waals surface area (Å²) in [7, 11) is 3.85. The maximum atomic E-state index is 11.4. The van der Waals surface area contributed by atoms with Crippen molar-refractivity contribution in [2.75, 3.05) is 20.6 Å². The molecule has 4 heteroatoms. The zero-order valence-corrected chi connectivity index (χ0v) is 12.0. The molecule has 0 spiro atoms. The predicted molar refractivity (Wildman–Crippen MR) is 72.5 cm³/mol. The van der Waals surface area contributed by atoms with Gasteiger partial charge in [-0.25, -0.2) is 0 Å². The smallest absolute Gasteiger partial charge is 0.146 e. The number of Topliss-reactive ketones (excluding diaryl/α,β-unsaturated/α-hetero) is 1. The van der Waals surface area contributed by atoms with Gasteiger partial charge >= 0.3 is 0 Å². The summed E-state index contributed by atoms with van der Waals surface area (Å²) in [6.45, 7) is 4.83. The lowest BCUT2D eigenvalue weighted by Gasteiger charge is -2.20. The van der Waals surface area contributed by atoms with Gasteiger partial charge in [0.25, 0.3) is 0 Å². The summed E-state index contributed by atoms with van der Waals surface area (Å²) in [5.74, 6) is 1.30. The number of carbonyl (C=O) groups is 2. The van der Waals surface area contributed by atoms with Crippen LogP contribution in [0.25, 0.3) is 0 Å². The minimum absolute atomic E-state index is 0.0269. The number of nitrogens with zero attached hydrogens (tertiary/aromatic N) is 1. The lowest BCUT2D eigenvalue weighted by Crippen LogP contribution is -2.34. The molecular formula is C14H26N2O2. The first-order valence-corrected chi connectivity index (χ1v) is 6.81. The highest BCUT2D eigenvalue weighted by Gasteiger charge is 2.30. The van der Waals surface area contributed by atoms with Gasteiger partial charge in [0.1, 0.15) is 12.1 Å². The molecule has 0 bridgehead atoms. The molecule has 18 heavy (non-hydrogen) atoms. The standard InChI is InChI=1S/C14H26N2O2/c1-10(6-14(15-3)11(2)18)5-12-7-13(9-17)16(4)8-12/h9-10,12-15H,5-8H2,1-4H3/t10?,12?,13-,14-/m0/s1. The number of carbonyl (C=O) groups excluding carboxylic acids is 2. The van der Waals surface area contributed by atoms with E-state index in [1.165, 1.54) is 0 Å². The Labute approximate surface area is 110 Å². The van der Waals surface area contributed by atoms with Crippen molar-refractivity contribution >= 4 is 12.1 Å². The van der Waals surface area contributed by atoms with Gasteiger partial charge < -0.3 is 10.1 Å². The molecule has 1 aliphatic rings. The second kappa shape index (κ2) is 7.00. The van der Waals surface area contributed by atoms with Crippen LogP contribution in [0.2, 0.25) is 0 Å². The molecule has 0 aromatic heterocycles. The van der Waals surface area contributed by atoms with Crippen molar-refractivity contribution in [1.29, 1.82) is 0 Å². The Kier molecular flexibility index (Phi) is 5.96. The Morgan fingerprint density at radius 3 is 2.67 bits per heavy atom. The van der Waals surface area contributed by atoms with Gasteiger partial charge in [0.05, 0.1) is 12.1 Å². The van der Waals surface area contributed by atoms with Crippen molar-refractivity contribution in [2.24, 2.45) is 11.8 Å². The minimum Gasteiger partial charge on any atom is -0.311 e. The van der Waals surface area contributed by atoms with E-state index < -0.39 is 0 Å². The molecule has 4 nitrogen and oxygen atoms in total. The van der Waals surface area contributed by atoms with Crippen molar-refractivity contribution in [3.63, 3.8) is 0 Å². The van der Waals surface area contributed by atoms with Crippen molar-refractivity contribution in [2.45, 2.75) is 45.2 Å². The van der Waals surface area contributed by atoms with Gasteiger partial charge in [-0.2, -0.15) is 0 Å². The quantitative estimate of drug-likeness (QED) is 0.691. The number of likely N-dealkylation sites (N-methyl/N-ethyl adjacent to an activating group) is 2. The fraction of sp³-hybridized carbons (Fsp3) is 0.857. The van der Waals surface area contributed by atoms with E-state index in [9.17, 15) is 9.59 Å². The Hall–Kier alpha value is -0.740. The van der Waals surface area contributed by atoms with E-state index in [0.717, 1.165) is 32.1 Å². The molecule has 0 saturated carbocycles. The molecule has 1 saturated heterocycles. The molecule has 1 N–H and O–H groups in total. The molecule has 2 unspecified atom stereocenters. The summed E-state index contributed by atoms with van der Waals surface area (Å²) in [5, 5.41) is 3.07. The summed E-state index contributed by atoms with van der Waals surface area (Å²) in [5.41, 5.74) is 0. The van der Waals surface area contributed by atoms with E-state index in [4.69, 9.17) is 0 Å². The number of aldehydes is 1. The molecule has 104 valence electrons. The molecule has 1 aliphatic heterocycles. The summed E-state index contributed by atoms with van der Waals surface area (Å²) in [6.07, 6.45) is 4.00. The highest BCUT2D eigenvalue weighted by Crippen LogP contribution is 2.28. The molecule has 1 fully saturated rings. The number of nitrogens with one attached hydrogen (secondary N) is 1. The van der Waals surface area contributed by atoms with E-state index in [1.807, 2.05) is 14.1 Å². The van der Waals surface area contributed by atoms with Crippen molar-refractivity contribution < 1.29 is 9.59 Å². The van der Waals surface area contributed by atoms with Crippen LogP contribution in [0, 0.1) is 11.8 Å². The fourth-order valence-corrected chi connectivity index (χ4v) is 3.02. The summed E-state index contributed by atoms with van der Waals surface area (Å²) < 4.78 is 0. The molecule has 0 amide bonds. The Bertz CT molecular complexity index is 294. The summed E-state index contributed by atoms with van der Waals surface area (Å²) in [6, 6.07) is 0.0658. The van der Waals surface area contributed by atoms with E-state index in [0.29, 0.717) is 11.8 Å². The van der Waals surface area contributed by atoms with Crippen LogP contribution < -0.4 is 5.32 Å². The molecule has 0 aliphatic carbocycles. The maximum absolute atomic E-state index is 11.4. The molecule has 1 heterocycles. The first-order chi connectivity index (χ1) is 8.47. The lowest BCUT2D eigenvalue weighted by molar-refractivity contribution is -0.119. The predicted octanol–water partition coefficient (Wildman–Crippen LogP) is 1.10. The molecule has 0 aromatic carbocycles. The largest absolute Gasteiger partial charge is 0.311 e. The van der Waals surface area contributed by atoms with Crippen LogP contribution in [-0.4, -0.2) is 49.7 Å². The SMILES string of the molecule is CN[C@@H](CC(C)CC1C[C@@H](C=O)N(C)C1)C(C)=O. The average Bonchev–Trinajstić information content (AvgIpc) is 2.65. The van der Waals surface area contributed by atoms with Crippen LogP contribution in [0.5, 0.6) is 0 Å². The van der Waals surface area contributed by atoms with Gasteiger partial charge in [-0.3, -0.25) is 9.69 Å². The third-order valence-electron chi connectivity index (χ3n) is 4.06. The maximum Gasteiger partial charge on any atom is 0.146 e. The lowest BCUT2D eigenvalue weighted by atomic mass is 9.89. The van der Waals surface area contributed by atoms with Gasteiger partial charge in [0, 0.05) is 6.54 Å². The van der Waals surface area contributed by atoms with Crippen LogP contribution in [0.15, 0.2) is 0 Å². The third-order valence-corrected chi connectivity index (χ3v) is 4.06. The first kappa shape index (κ1) is 15.3. The van der Waals surface area contributed by atoms with E-state index in [-0.39, 0.29) is 17.9 Å². The van der Waals surface area contributed by atoms with E-state index in [1.54, 1.807) is 6.92 Å². The number of likely N-dealkylation sites (tertiary alicyclic amines) is 1. The normalized spacial score (nSPS) is 28.0. The monoisotopic (exact) mass is 254 g/mol.